The van der Waals surface area contributed by atoms with E-state index in [2.05, 4.69) is 0 Å². The standard InChI is InChI=1S/C21H21FN2O4S/c1-27-19-10-9-15(14-20(19)28-2)29(25,26)24-13-12-23-11-5-8-18(23)21(24)16-6-3-4-7-17(16)22/h3-11,14,21H,12-13H2,1-2H3/t21-/m0/s1. The topological polar surface area (TPSA) is 60.8 Å². The van der Waals surface area contributed by atoms with E-state index in [0.717, 1.165) is 5.69 Å². The predicted octanol–water partition coefficient (Wildman–Crippen LogP) is 3.44. The van der Waals surface area contributed by atoms with Crippen LogP contribution in [0.3, 0.4) is 0 Å². The average molecular weight is 416 g/mol. The summed E-state index contributed by atoms with van der Waals surface area (Å²) in [6, 6.07) is 13.6. The van der Waals surface area contributed by atoms with Crippen LogP contribution in [0, 0.1) is 5.82 Å². The summed E-state index contributed by atoms with van der Waals surface area (Å²) in [5, 5.41) is 0. The summed E-state index contributed by atoms with van der Waals surface area (Å²) in [6.07, 6.45) is 1.88. The van der Waals surface area contributed by atoms with Crippen molar-refractivity contribution in [1.29, 1.82) is 0 Å². The summed E-state index contributed by atoms with van der Waals surface area (Å²) >= 11 is 0. The van der Waals surface area contributed by atoms with Crippen LogP contribution in [0.15, 0.2) is 65.7 Å². The Morgan fingerprint density at radius 1 is 0.966 bits per heavy atom. The molecule has 8 heteroatoms. The second-order valence-electron chi connectivity index (χ2n) is 6.68. The third kappa shape index (κ3) is 3.28. The molecule has 1 aliphatic rings. The fourth-order valence-corrected chi connectivity index (χ4v) is 5.33. The molecule has 6 nitrogen and oxygen atoms in total. The Morgan fingerprint density at radius 3 is 2.45 bits per heavy atom. The molecule has 0 radical (unpaired) electrons. The lowest BCUT2D eigenvalue weighted by molar-refractivity contribution is 0.292. The number of rotatable bonds is 5. The van der Waals surface area contributed by atoms with E-state index >= 15 is 0 Å². The normalized spacial score (nSPS) is 17.0. The minimum atomic E-state index is -3.94. The monoisotopic (exact) mass is 416 g/mol. The van der Waals surface area contributed by atoms with E-state index in [4.69, 9.17) is 9.47 Å². The molecule has 4 rings (SSSR count). The largest absolute Gasteiger partial charge is 0.493 e. The number of hydrogen-bond donors (Lipinski definition) is 0. The quantitative estimate of drug-likeness (QED) is 0.639. The lowest BCUT2D eigenvalue weighted by atomic mass is 10.0. The van der Waals surface area contributed by atoms with Crippen LogP contribution in [0.5, 0.6) is 11.5 Å². The number of aromatic nitrogens is 1. The van der Waals surface area contributed by atoms with E-state index < -0.39 is 21.9 Å². The first kappa shape index (κ1) is 19.5. The fourth-order valence-electron chi connectivity index (χ4n) is 3.74. The zero-order valence-electron chi connectivity index (χ0n) is 16.1. The minimum absolute atomic E-state index is 0.0662. The number of sulfonamides is 1. The second-order valence-corrected chi connectivity index (χ2v) is 8.57. The number of ether oxygens (including phenoxy) is 2. The van der Waals surface area contributed by atoms with Gasteiger partial charge in [0.15, 0.2) is 11.5 Å². The summed E-state index contributed by atoms with van der Waals surface area (Å²) in [6.45, 7) is 0.706. The highest BCUT2D eigenvalue weighted by Gasteiger charge is 2.39. The van der Waals surface area contributed by atoms with E-state index in [1.165, 1.54) is 36.7 Å². The summed E-state index contributed by atoms with van der Waals surface area (Å²) in [4.78, 5) is 0.0662. The van der Waals surface area contributed by atoms with Gasteiger partial charge in [0.05, 0.1) is 25.2 Å². The van der Waals surface area contributed by atoms with Gasteiger partial charge in [-0.05, 0) is 30.3 Å². The van der Waals surface area contributed by atoms with Crippen molar-refractivity contribution in [2.45, 2.75) is 17.5 Å². The van der Waals surface area contributed by atoms with Gasteiger partial charge in [-0.1, -0.05) is 18.2 Å². The van der Waals surface area contributed by atoms with E-state index in [1.807, 2.05) is 22.9 Å². The third-order valence-corrected chi connectivity index (χ3v) is 7.02. The molecule has 152 valence electrons. The van der Waals surface area contributed by atoms with Crippen molar-refractivity contribution in [3.05, 3.63) is 77.9 Å². The minimum Gasteiger partial charge on any atom is -0.493 e. The van der Waals surface area contributed by atoms with Gasteiger partial charge in [0.25, 0.3) is 0 Å². The molecule has 1 aromatic heterocycles. The first-order valence-corrected chi connectivity index (χ1v) is 10.5. The maximum absolute atomic E-state index is 14.7. The van der Waals surface area contributed by atoms with Gasteiger partial charge in [0.1, 0.15) is 5.82 Å². The van der Waals surface area contributed by atoms with Crippen LogP contribution in [0.2, 0.25) is 0 Å². The predicted molar refractivity (Wildman–Crippen MR) is 106 cm³/mol. The van der Waals surface area contributed by atoms with Crippen LogP contribution in [0.4, 0.5) is 4.39 Å². The van der Waals surface area contributed by atoms with Crippen LogP contribution >= 0.6 is 0 Å². The molecular formula is C21H21FN2O4S. The van der Waals surface area contributed by atoms with Gasteiger partial charge in [0, 0.05) is 36.6 Å². The molecule has 1 aliphatic heterocycles. The highest BCUT2D eigenvalue weighted by Crippen LogP contribution is 2.39. The molecule has 0 spiro atoms. The zero-order chi connectivity index (χ0) is 20.6. The molecule has 0 saturated carbocycles. The van der Waals surface area contributed by atoms with Crippen LogP contribution in [0.25, 0.3) is 0 Å². The Bertz CT molecular complexity index is 1140. The fraction of sp³-hybridized carbons (Fsp3) is 0.238. The summed E-state index contributed by atoms with van der Waals surface area (Å²) < 4.78 is 55.6. The van der Waals surface area contributed by atoms with E-state index in [9.17, 15) is 12.8 Å². The number of hydrogen-bond acceptors (Lipinski definition) is 4. The SMILES string of the molecule is COc1ccc(S(=O)(=O)N2CCn3cccc3[C@@H]2c2ccccc2F)cc1OC. The summed E-state index contributed by atoms with van der Waals surface area (Å²) in [5.41, 5.74) is 1.04. The van der Waals surface area contributed by atoms with Gasteiger partial charge in [-0.2, -0.15) is 4.31 Å². The molecule has 29 heavy (non-hydrogen) atoms. The van der Waals surface area contributed by atoms with E-state index in [-0.39, 0.29) is 11.4 Å². The first-order valence-electron chi connectivity index (χ1n) is 9.10. The van der Waals surface area contributed by atoms with Gasteiger partial charge in [-0.25, -0.2) is 12.8 Å². The highest BCUT2D eigenvalue weighted by atomic mass is 32.2. The second kappa shape index (κ2) is 7.53. The Kier molecular flexibility index (Phi) is 5.06. The van der Waals surface area contributed by atoms with Crippen LogP contribution in [-0.4, -0.2) is 38.1 Å². The molecule has 0 fully saturated rings. The molecule has 0 saturated heterocycles. The molecule has 3 aromatic rings. The first-order chi connectivity index (χ1) is 14.0. The van der Waals surface area contributed by atoms with Crippen molar-refractivity contribution in [2.24, 2.45) is 0 Å². The highest BCUT2D eigenvalue weighted by molar-refractivity contribution is 7.89. The number of benzene rings is 2. The van der Waals surface area contributed by atoms with Crippen molar-refractivity contribution in [3.63, 3.8) is 0 Å². The van der Waals surface area contributed by atoms with Crippen molar-refractivity contribution < 1.29 is 22.3 Å². The van der Waals surface area contributed by atoms with Gasteiger partial charge in [-0.3, -0.25) is 0 Å². The van der Waals surface area contributed by atoms with E-state index in [0.29, 0.717) is 23.6 Å². The smallest absolute Gasteiger partial charge is 0.244 e. The lowest BCUT2D eigenvalue weighted by Gasteiger charge is -2.36. The molecule has 1 atom stereocenters. The average Bonchev–Trinajstić information content (AvgIpc) is 3.22. The van der Waals surface area contributed by atoms with Gasteiger partial charge in [0.2, 0.25) is 10.0 Å². The third-order valence-electron chi connectivity index (χ3n) is 5.16. The molecule has 2 heterocycles. The van der Waals surface area contributed by atoms with Crippen molar-refractivity contribution in [3.8, 4) is 11.5 Å². The number of halogens is 1. The summed E-state index contributed by atoms with van der Waals surface area (Å²) in [7, 11) is -1.00. The van der Waals surface area contributed by atoms with E-state index in [1.54, 1.807) is 24.3 Å². The van der Waals surface area contributed by atoms with Crippen LogP contribution < -0.4 is 9.47 Å². The molecule has 0 unspecified atom stereocenters. The summed E-state index contributed by atoms with van der Waals surface area (Å²) in [5.74, 6) is 0.306. The van der Waals surface area contributed by atoms with Crippen LogP contribution in [0.1, 0.15) is 17.3 Å². The molecule has 2 aromatic carbocycles. The number of methoxy groups -OCH3 is 2. The maximum Gasteiger partial charge on any atom is 0.244 e. The Labute approximate surface area is 169 Å². The Hall–Kier alpha value is -2.84. The Morgan fingerprint density at radius 2 is 1.72 bits per heavy atom. The maximum atomic E-state index is 14.7. The molecule has 0 N–H and O–H groups in total. The van der Waals surface area contributed by atoms with Gasteiger partial charge < -0.3 is 14.0 Å². The van der Waals surface area contributed by atoms with Gasteiger partial charge >= 0.3 is 0 Å². The van der Waals surface area contributed by atoms with Crippen molar-refractivity contribution >= 4 is 10.0 Å². The van der Waals surface area contributed by atoms with Gasteiger partial charge in [-0.15, -0.1) is 0 Å². The molecule has 0 bridgehead atoms. The molecular weight excluding hydrogens is 395 g/mol. The van der Waals surface area contributed by atoms with Crippen LogP contribution in [-0.2, 0) is 16.6 Å². The number of nitrogens with zero attached hydrogens (tertiary/aromatic N) is 2. The molecule has 0 aliphatic carbocycles. The number of fused-ring (bicyclic) bond motifs is 1. The van der Waals surface area contributed by atoms with Crippen molar-refractivity contribution in [2.75, 3.05) is 20.8 Å². The zero-order valence-corrected chi connectivity index (χ0v) is 16.9. The lowest BCUT2D eigenvalue weighted by Crippen LogP contribution is -2.42. The Balaban J connectivity index is 1.85. The molecule has 0 amide bonds. The van der Waals surface area contributed by atoms with Crippen molar-refractivity contribution in [1.82, 2.24) is 8.87 Å².